The Bertz CT molecular complexity index is 1040. The molecule has 0 saturated carbocycles. The number of hydrogen-bond acceptors (Lipinski definition) is 4. The molecule has 2 aliphatic heterocycles. The molecule has 5 rings (SSSR count). The summed E-state index contributed by atoms with van der Waals surface area (Å²) in [6, 6.07) is 13.0. The van der Waals surface area contributed by atoms with Crippen molar-refractivity contribution in [3.05, 3.63) is 60.6 Å². The Morgan fingerprint density at radius 3 is 2.60 bits per heavy atom. The van der Waals surface area contributed by atoms with E-state index in [1.54, 1.807) is 0 Å². The second-order valence-corrected chi connectivity index (χ2v) is 8.95. The molecule has 6 nitrogen and oxygen atoms in total. The molecule has 4 heterocycles. The van der Waals surface area contributed by atoms with Crippen molar-refractivity contribution in [3.63, 3.8) is 0 Å². The van der Waals surface area contributed by atoms with Gasteiger partial charge in [-0.3, -0.25) is 14.7 Å². The van der Waals surface area contributed by atoms with Gasteiger partial charge in [0.05, 0.1) is 23.9 Å². The highest BCUT2D eigenvalue weighted by Gasteiger charge is 2.47. The summed E-state index contributed by atoms with van der Waals surface area (Å²) in [7, 11) is 0. The van der Waals surface area contributed by atoms with Gasteiger partial charge in [0.25, 0.3) is 0 Å². The Hall–Kier alpha value is -2.70. The van der Waals surface area contributed by atoms with Crippen molar-refractivity contribution in [2.75, 3.05) is 5.32 Å². The van der Waals surface area contributed by atoms with Gasteiger partial charge in [-0.25, -0.2) is 0 Å². The summed E-state index contributed by atoms with van der Waals surface area (Å²) in [5.74, 6) is -0.0534. The minimum absolute atomic E-state index is 0.0534. The predicted octanol–water partition coefficient (Wildman–Crippen LogP) is 3.55. The van der Waals surface area contributed by atoms with Crippen LogP contribution in [0.4, 0.5) is 5.69 Å². The van der Waals surface area contributed by atoms with Crippen LogP contribution in [0.15, 0.2) is 55.0 Å². The number of pyridine rings is 1. The number of piperidine rings is 1. The van der Waals surface area contributed by atoms with Crippen LogP contribution in [-0.4, -0.2) is 43.1 Å². The fourth-order valence-corrected chi connectivity index (χ4v) is 5.39. The van der Waals surface area contributed by atoms with Gasteiger partial charge in [-0.2, -0.15) is 0 Å². The van der Waals surface area contributed by atoms with Gasteiger partial charge < -0.3 is 15.0 Å². The molecule has 2 saturated heterocycles. The van der Waals surface area contributed by atoms with Crippen molar-refractivity contribution in [2.24, 2.45) is 0 Å². The monoisotopic (exact) mass is 404 g/mol. The Balaban J connectivity index is 1.28. The Kier molecular flexibility index (Phi) is 4.83. The van der Waals surface area contributed by atoms with Gasteiger partial charge in [0.15, 0.2) is 0 Å². The lowest BCUT2D eigenvalue weighted by Gasteiger charge is -2.44. The van der Waals surface area contributed by atoms with E-state index in [2.05, 4.69) is 44.2 Å². The molecule has 0 aliphatic carbocycles. The maximum Gasteiger partial charge on any atom is 0.221 e. The number of hydrogen-bond donors (Lipinski definition) is 2. The zero-order valence-electron chi connectivity index (χ0n) is 17.3. The summed E-state index contributed by atoms with van der Waals surface area (Å²) in [6.07, 6.45) is 9.64. The predicted molar refractivity (Wildman–Crippen MR) is 117 cm³/mol. The van der Waals surface area contributed by atoms with Gasteiger partial charge in [-0.05, 0) is 55.5 Å². The van der Waals surface area contributed by atoms with Crippen LogP contribution >= 0.6 is 0 Å². The van der Waals surface area contributed by atoms with Crippen LogP contribution in [0, 0.1) is 0 Å². The van der Waals surface area contributed by atoms with Crippen LogP contribution in [0.25, 0.3) is 10.9 Å². The molecule has 2 atom stereocenters. The number of rotatable bonds is 5. The van der Waals surface area contributed by atoms with Gasteiger partial charge in [0.2, 0.25) is 5.91 Å². The van der Waals surface area contributed by atoms with Crippen molar-refractivity contribution in [1.29, 1.82) is 0 Å². The summed E-state index contributed by atoms with van der Waals surface area (Å²) in [5.41, 5.74) is 2.48. The van der Waals surface area contributed by atoms with Crippen LogP contribution < -0.4 is 5.32 Å². The molecule has 2 bridgehead atoms. The number of fused-ring (bicyclic) bond motifs is 3. The number of nitrogens with zero attached hydrogens (tertiary/aromatic N) is 3. The molecule has 1 amide bonds. The second-order valence-electron chi connectivity index (χ2n) is 8.95. The lowest BCUT2D eigenvalue weighted by molar-refractivity contribution is -0.114. The van der Waals surface area contributed by atoms with Crippen molar-refractivity contribution in [1.82, 2.24) is 14.5 Å². The average Bonchev–Trinajstić information content (AvgIpc) is 3.22. The molecule has 2 N–H and O–H groups in total. The number of carbonyl (C=O) groups is 1. The quantitative estimate of drug-likeness (QED) is 0.682. The molecular formula is C24H28N4O2. The molecule has 2 aromatic heterocycles. The molecule has 30 heavy (non-hydrogen) atoms. The standard InChI is InChI=1S/C24H28N4O2/c1-17(29)26-20-4-2-18(3-5-20)15-28-21-6-7-22(28)13-24(30,12-21)16-27-11-9-19-8-10-25-14-23(19)27/h2-5,8-11,14,21-22,30H,6-7,12-13,15-16H2,1H3,(H,26,29)/t21-,22-/m1/s1. The van der Waals surface area contributed by atoms with E-state index in [0.29, 0.717) is 18.6 Å². The number of anilines is 1. The number of nitrogens with one attached hydrogen (secondary N) is 1. The van der Waals surface area contributed by atoms with Gasteiger partial charge in [-0.15, -0.1) is 0 Å². The second kappa shape index (κ2) is 7.52. The van der Waals surface area contributed by atoms with Crippen LogP contribution in [0.2, 0.25) is 0 Å². The third-order valence-corrected chi connectivity index (χ3v) is 6.68. The Labute approximate surface area is 176 Å². The lowest BCUT2D eigenvalue weighted by atomic mass is 9.85. The largest absolute Gasteiger partial charge is 0.388 e. The number of carbonyl (C=O) groups excluding carboxylic acids is 1. The van der Waals surface area contributed by atoms with E-state index in [9.17, 15) is 9.90 Å². The molecule has 1 aromatic carbocycles. The van der Waals surface area contributed by atoms with Gasteiger partial charge in [0.1, 0.15) is 0 Å². The Morgan fingerprint density at radius 2 is 1.90 bits per heavy atom. The minimum Gasteiger partial charge on any atom is -0.388 e. The van der Waals surface area contributed by atoms with E-state index >= 15 is 0 Å². The maximum atomic E-state index is 11.5. The zero-order valence-corrected chi connectivity index (χ0v) is 17.3. The van der Waals surface area contributed by atoms with Crippen molar-refractivity contribution in [3.8, 4) is 0 Å². The highest BCUT2D eigenvalue weighted by molar-refractivity contribution is 5.88. The van der Waals surface area contributed by atoms with E-state index < -0.39 is 5.60 Å². The first-order valence-electron chi connectivity index (χ1n) is 10.7. The van der Waals surface area contributed by atoms with E-state index in [-0.39, 0.29) is 5.91 Å². The first kappa shape index (κ1) is 19.3. The van der Waals surface area contributed by atoms with Gasteiger partial charge >= 0.3 is 0 Å². The number of amides is 1. The maximum absolute atomic E-state index is 11.5. The summed E-state index contributed by atoms with van der Waals surface area (Å²) < 4.78 is 2.15. The third-order valence-electron chi connectivity index (χ3n) is 6.68. The van der Waals surface area contributed by atoms with E-state index in [4.69, 9.17) is 0 Å². The van der Waals surface area contributed by atoms with E-state index in [1.807, 2.05) is 30.6 Å². The van der Waals surface area contributed by atoms with Crippen LogP contribution in [0.5, 0.6) is 0 Å². The molecule has 6 heteroatoms. The SMILES string of the molecule is CC(=O)Nc1ccc(CN2[C@@H]3CC[C@@H]2CC(O)(Cn2ccc4ccncc42)C3)cc1. The van der Waals surface area contributed by atoms with Crippen molar-refractivity contribution < 1.29 is 9.90 Å². The fourth-order valence-electron chi connectivity index (χ4n) is 5.39. The summed E-state index contributed by atoms with van der Waals surface area (Å²) >= 11 is 0. The molecule has 0 spiro atoms. The first-order chi connectivity index (χ1) is 14.5. The third kappa shape index (κ3) is 3.73. The minimum atomic E-state index is -0.681. The topological polar surface area (TPSA) is 70.4 Å². The Morgan fingerprint density at radius 1 is 1.17 bits per heavy atom. The van der Waals surface area contributed by atoms with Crippen LogP contribution in [-0.2, 0) is 17.9 Å². The molecule has 0 unspecified atom stereocenters. The van der Waals surface area contributed by atoms with Gasteiger partial charge in [0, 0.05) is 49.0 Å². The number of benzene rings is 1. The fraction of sp³-hybridized carbons (Fsp3) is 0.417. The molecule has 156 valence electrons. The molecule has 2 aliphatic rings. The van der Waals surface area contributed by atoms with E-state index in [1.165, 1.54) is 12.5 Å². The zero-order chi connectivity index (χ0) is 20.7. The summed E-state index contributed by atoms with van der Waals surface area (Å²) in [5, 5.41) is 15.5. The highest BCUT2D eigenvalue weighted by Crippen LogP contribution is 2.42. The number of aliphatic hydroxyl groups is 1. The first-order valence-corrected chi connectivity index (χ1v) is 10.7. The average molecular weight is 405 g/mol. The molecular weight excluding hydrogens is 376 g/mol. The van der Waals surface area contributed by atoms with E-state index in [0.717, 1.165) is 48.8 Å². The summed E-state index contributed by atoms with van der Waals surface area (Å²) in [6.45, 7) is 3.03. The lowest BCUT2D eigenvalue weighted by Crippen LogP contribution is -2.52. The number of aromatic nitrogens is 2. The van der Waals surface area contributed by atoms with Crippen molar-refractivity contribution in [2.45, 2.75) is 63.4 Å². The van der Waals surface area contributed by atoms with Crippen LogP contribution in [0.1, 0.15) is 38.2 Å². The molecule has 0 radical (unpaired) electrons. The summed E-state index contributed by atoms with van der Waals surface area (Å²) in [4.78, 5) is 18.0. The van der Waals surface area contributed by atoms with Gasteiger partial charge in [-0.1, -0.05) is 12.1 Å². The smallest absolute Gasteiger partial charge is 0.221 e. The van der Waals surface area contributed by atoms with Crippen molar-refractivity contribution >= 4 is 22.5 Å². The normalized spacial score (nSPS) is 26.2. The molecule has 2 fully saturated rings. The molecule has 3 aromatic rings. The van der Waals surface area contributed by atoms with Crippen LogP contribution in [0.3, 0.4) is 0 Å². The highest BCUT2D eigenvalue weighted by atomic mass is 16.3.